The van der Waals surface area contributed by atoms with Crippen LogP contribution in [0.25, 0.3) is 11.0 Å². The zero-order valence-corrected chi connectivity index (χ0v) is 8.08. The lowest BCUT2D eigenvalue weighted by atomic mass is 10.2. The van der Waals surface area contributed by atoms with Gasteiger partial charge >= 0.3 is 5.97 Å². The van der Waals surface area contributed by atoms with E-state index in [9.17, 15) is 4.79 Å². The van der Waals surface area contributed by atoms with Crippen molar-refractivity contribution < 1.29 is 9.90 Å². The van der Waals surface area contributed by atoms with E-state index in [-0.39, 0.29) is 0 Å². The molecule has 0 saturated heterocycles. The van der Waals surface area contributed by atoms with Gasteiger partial charge in [0.1, 0.15) is 11.6 Å². The van der Waals surface area contributed by atoms with E-state index in [1.54, 1.807) is 25.1 Å². The van der Waals surface area contributed by atoms with Crippen molar-refractivity contribution in [3.63, 3.8) is 0 Å². The summed E-state index contributed by atoms with van der Waals surface area (Å²) < 4.78 is 1.34. The fourth-order valence-electron chi connectivity index (χ4n) is 1.34. The first-order valence-electron chi connectivity index (χ1n) is 4.43. The molecule has 0 spiro atoms. The highest BCUT2D eigenvalue weighted by atomic mass is 16.4. The number of fused-ring (bicyclic) bond motifs is 1. The summed E-state index contributed by atoms with van der Waals surface area (Å²) in [5.74, 6) is -0.954. The summed E-state index contributed by atoms with van der Waals surface area (Å²) in [5, 5.41) is 16.5. The summed E-state index contributed by atoms with van der Waals surface area (Å²) in [5.41, 5.74) is 7.44. The molecule has 6 nitrogen and oxygen atoms in total. The molecular formula is C9H10N4O2. The summed E-state index contributed by atoms with van der Waals surface area (Å²) in [6.07, 6.45) is 0. The molecule has 2 rings (SSSR count). The smallest absolute Gasteiger partial charge is 0.328 e. The molecule has 1 heterocycles. The summed E-state index contributed by atoms with van der Waals surface area (Å²) in [6.45, 7) is 1.54. The number of nitrogens with zero attached hydrogens (tertiary/aromatic N) is 3. The van der Waals surface area contributed by atoms with Gasteiger partial charge in [0, 0.05) is 5.69 Å². The molecule has 0 fully saturated rings. The van der Waals surface area contributed by atoms with Crippen LogP contribution in [0.4, 0.5) is 5.69 Å². The largest absolute Gasteiger partial charge is 0.480 e. The maximum Gasteiger partial charge on any atom is 0.328 e. The van der Waals surface area contributed by atoms with Gasteiger partial charge in [-0.05, 0) is 25.1 Å². The molecule has 0 saturated carbocycles. The molecular weight excluding hydrogens is 196 g/mol. The summed E-state index contributed by atoms with van der Waals surface area (Å²) in [4.78, 5) is 10.8. The SMILES string of the molecule is C[C@H](C(=O)O)n1nnc2ccc(N)cc21. The van der Waals surface area contributed by atoms with Crippen molar-refractivity contribution in [2.24, 2.45) is 0 Å². The molecule has 0 amide bonds. The molecule has 1 aromatic carbocycles. The Hall–Kier alpha value is -2.11. The zero-order chi connectivity index (χ0) is 11.0. The second-order valence-electron chi connectivity index (χ2n) is 3.30. The van der Waals surface area contributed by atoms with E-state index in [4.69, 9.17) is 10.8 Å². The fraction of sp³-hybridized carbons (Fsp3) is 0.222. The number of hydrogen-bond donors (Lipinski definition) is 2. The van der Waals surface area contributed by atoms with Gasteiger partial charge in [-0.3, -0.25) is 0 Å². The molecule has 1 aromatic heterocycles. The van der Waals surface area contributed by atoms with Crippen LogP contribution in [0.3, 0.4) is 0 Å². The highest BCUT2D eigenvalue weighted by Crippen LogP contribution is 2.18. The summed E-state index contributed by atoms with van der Waals surface area (Å²) in [6, 6.07) is 4.32. The van der Waals surface area contributed by atoms with Gasteiger partial charge in [-0.25, -0.2) is 9.48 Å². The molecule has 0 aliphatic heterocycles. The minimum Gasteiger partial charge on any atom is -0.480 e. The Kier molecular flexibility index (Phi) is 2.03. The number of benzene rings is 1. The number of nitrogens with two attached hydrogens (primary N) is 1. The van der Waals surface area contributed by atoms with E-state index >= 15 is 0 Å². The van der Waals surface area contributed by atoms with E-state index in [0.717, 1.165) is 0 Å². The van der Waals surface area contributed by atoms with Crippen LogP contribution < -0.4 is 5.73 Å². The first-order chi connectivity index (χ1) is 7.09. The Balaban J connectivity index is 2.61. The molecule has 0 aliphatic carbocycles. The van der Waals surface area contributed by atoms with E-state index < -0.39 is 12.0 Å². The quantitative estimate of drug-likeness (QED) is 0.704. The van der Waals surface area contributed by atoms with Crippen molar-refractivity contribution in [3.05, 3.63) is 18.2 Å². The maximum absolute atomic E-state index is 10.8. The Bertz CT molecular complexity index is 520. The Morgan fingerprint density at radius 3 is 3.00 bits per heavy atom. The predicted molar refractivity (Wildman–Crippen MR) is 54.3 cm³/mol. The Morgan fingerprint density at radius 2 is 2.33 bits per heavy atom. The van der Waals surface area contributed by atoms with Crippen molar-refractivity contribution >= 4 is 22.7 Å². The lowest BCUT2D eigenvalue weighted by Gasteiger charge is -2.06. The standard InChI is InChI=1S/C9H10N4O2/c1-5(9(14)15)13-8-4-6(10)2-3-7(8)11-12-13/h2-5H,10H2,1H3,(H,14,15)/t5-/m1/s1. The van der Waals surface area contributed by atoms with Crippen molar-refractivity contribution in [2.75, 3.05) is 5.73 Å². The van der Waals surface area contributed by atoms with Crippen LogP contribution in [-0.2, 0) is 4.79 Å². The van der Waals surface area contributed by atoms with E-state index in [1.807, 2.05) is 0 Å². The highest BCUT2D eigenvalue weighted by molar-refractivity contribution is 5.80. The molecule has 0 unspecified atom stereocenters. The van der Waals surface area contributed by atoms with E-state index in [2.05, 4.69) is 10.3 Å². The second kappa shape index (κ2) is 3.23. The summed E-state index contributed by atoms with van der Waals surface area (Å²) in [7, 11) is 0. The first kappa shape index (κ1) is 9.45. The average Bonchev–Trinajstić information content (AvgIpc) is 2.59. The third kappa shape index (κ3) is 1.50. The van der Waals surface area contributed by atoms with E-state index in [1.165, 1.54) is 4.68 Å². The highest BCUT2D eigenvalue weighted by Gasteiger charge is 2.17. The number of aliphatic carboxylic acids is 1. The van der Waals surface area contributed by atoms with Gasteiger partial charge in [-0.1, -0.05) is 5.21 Å². The number of anilines is 1. The van der Waals surface area contributed by atoms with Crippen LogP contribution in [-0.4, -0.2) is 26.1 Å². The van der Waals surface area contributed by atoms with Crippen molar-refractivity contribution in [1.29, 1.82) is 0 Å². The van der Waals surface area contributed by atoms with E-state index in [0.29, 0.717) is 16.7 Å². The number of carboxylic acid groups (broad SMARTS) is 1. The lowest BCUT2D eigenvalue weighted by Crippen LogP contribution is -2.16. The van der Waals surface area contributed by atoms with Crippen LogP contribution in [0.15, 0.2) is 18.2 Å². The molecule has 1 atom stereocenters. The number of carboxylic acids is 1. The average molecular weight is 206 g/mol. The van der Waals surface area contributed by atoms with Crippen molar-refractivity contribution in [2.45, 2.75) is 13.0 Å². The van der Waals surface area contributed by atoms with Gasteiger partial charge in [-0.15, -0.1) is 5.10 Å². The van der Waals surface area contributed by atoms with Crippen LogP contribution >= 0.6 is 0 Å². The predicted octanol–water partition coefficient (Wildman–Crippen LogP) is 0.659. The third-order valence-electron chi connectivity index (χ3n) is 2.22. The van der Waals surface area contributed by atoms with Gasteiger partial charge in [0.15, 0.2) is 0 Å². The van der Waals surface area contributed by atoms with Gasteiger partial charge in [0.05, 0.1) is 5.52 Å². The van der Waals surface area contributed by atoms with Crippen LogP contribution in [0.5, 0.6) is 0 Å². The number of carbonyl (C=O) groups is 1. The van der Waals surface area contributed by atoms with Gasteiger partial charge in [0.25, 0.3) is 0 Å². The molecule has 0 radical (unpaired) electrons. The van der Waals surface area contributed by atoms with Crippen LogP contribution in [0, 0.1) is 0 Å². The minimum absolute atomic E-state index is 0.559. The summed E-state index contributed by atoms with van der Waals surface area (Å²) >= 11 is 0. The van der Waals surface area contributed by atoms with Gasteiger partial charge < -0.3 is 10.8 Å². The maximum atomic E-state index is 10.8. The van der Waals surface area contributed by atoms with Crippen LogP contribution in [0.2, 0.25) is 0 Å². The molecule has 3 N–H and O–H groups in total. The lowest BCUT2D eigenvalue weighted by molar-refractivity contribution is -0.140. The van der Waals surface area contributed by atoms with Gasteiger partial charge in [0.2, 0.25) is 0 Å². The molecule has 15 heavy (non-hydrogen) atoms. The molecule has 78 valence electrons. The molecule has 6 heteroatoms. The monoisotopic (exact) mass is 206 g/mol. The Labute approximate surface area is 85.3 Å². The minimum atomic E-state index is -0.954. The van der Waals surface area contributed by atoms with Crippen molar-refractivity contribution in [1.82, 2.24) is 15.0 Å². The number of nitrogen functional groups attached to an aromatic ring is 1. The Morgan fingerprint density at radius 1 is 1.60 bits per heavy atom. The first-order valence-corrected chi connectivity index (χ1v) is 4.43. The van der Waals surface area contributed by atoms with Crippen LogP contribution in [0.1, 0.15) is 13.0 Å². The molecule has 0 aliphatic rings. The fourth-order valence-corrected chi connectivity index (χ4v) is 1.34. The number of aromatic nitrogens is 3. The van der Waals surface area contributed by atoms with Crippen molar-refractivity contribution in [3.8, 4) is 0 Å². The normalized spacial score (nSPS) is 12.9. The molecule has 2 aromatic rings. The topological polar surface area (TPSA) is 94.0 Å². The zero-order valence-electron chi connectivity index (χ0n) is 8.08. The number of hydrogen-bond acceptors (Lipinski definition) is 4. The second-order valence-corrected chi connectivity index (χ2v) is 3.30. The molecule has 0 bridgehead atoms. The van der Waals surface area contributed by atoms with Gasteiger partial charge in [-0.2, -0.15) is 0 Å². The third-order valence-corrected chi connectivity index (χ3v) is 2.22. The number of rotatable bonds is 2.